The number of halogens is 1. The Morgan fingerprint density at radius 2 is 1.94 bits per heavy atom. The summed E-state index contributed by atoms with van der Waals surface area (Å²) in [4.78, 5) is 15.6. The number of fused-ring (bicyclic) bond motifs is 1. The summed E-state index contributed by atoms with van der Waals surface area (Å²) in [5.74, 6) is 0.713. The van der Waals surface area contributed by atoms with Crippen LogP contribution in [0.15, 0.2) is 35.3 Å². The highest BCUT2D eigenvalue weighted by Crippen LogP contribution is 2.27. The van der Waals surface area contributed by atoms with Crippen LogP contribution in [-0.2, 0) is 0 Å². The molecule has 0 bridgehead atoms. The van der Waals surface area contributed by atoms with Gasteiger partial charge < -0.3 is 10.7 Å². The van der Waals surface area contributed by atoms with E-state index in [1.54, 1.807) is 12.4 Å². The van der Waals surface area contributed by atoms with Crippen molar-refractivity contribution < 1.29 is 0 Å². The number of H-pyrrole nitrogens is 1. The van der Waals surface area contributed by atoms with Crippen molar-refractivity contribution in [3.05, 3.63) is 35.3 Å². The van der Waals surface area contributed by atoms with Gasteiger partial charge >= 0.3 is 0 Å². The quantitative estimate of drug-likeness (QED) is 0.674. The normalized spacial score (nSPS) is 10.9. The minimum Gasteiger partial charge on any atom is -0.397 e. The van der Waals surface area contributed by atoms with Gasteiger partial charge in [-0.1, -0.05) is 15.9 Å². The molecule has 0 saturated carbocycles. The molecule has 0 aliphatic rings. The van der Waals surface area contributed by atoms with Crippen LogP contribution in [0.5, 0.6) is 0 Å². The topological polar surface area (TPSA) is 80.5 Å². The molecule has 0 saturated heterocycles. The molecule has 3 rings (SSSR count). The molecule has 2 aromatic heterocycles. The van der Waals surface area contributed by atoms with Gasteiger partial charge in [0.25, 0.3) is 0 Å². The van der Waals surface area contributed by atoms with E-state index in [4.69, 9.17) is 5.73 Å². The van der Waals surface area contributed by atoms with Gasteiger partial charge in [0.1, 0.15) is 17.7 Å². The molecule has 3 N–H and O–H groups in total. The Morgan fingerprint density at radius 1 is 1.18 bits per heavy atom. The molecule has 0 fully saturated rings. The first-order chi connectivity index (χ1) is 8.24. The van der Waals surface area contributed by atoms with Gasteiger partial charge in [-0.3, -0.25) is 0 Å². The third kappa shape index (κ3) is 1.76. The standard InChI is InChI=1S/C11H8BrN5/c12-7-1-8(13)10-9(2-7)16-11(17-10)6-3-14-5-15-4-6/h1-5H,13H2,(H,16,17). The number of aromatic amines is 1. The van der Waals surface area contributed by atoms with Crippen LogP contribution in [0.1, 0.15) is 0 Å². The van der Waals surface area contributed by atoms with E-state index in [1.807, 2.05) is 12.1 Å². The number of anilines is 1. The Hall–Kier alpha value is -1.95. The van der Waals surface area contributed by atoms with Gasteiger partial charge in [0, 0.05) is 16.9 Å². The van der Waals surface area contributed by atoms with Gasteiger partial charge in [-0.25, -0.2) is 15.0 Å². The first kappa shape index (κ1) is 10.2. The number of nitrogens with two attached hydrogens (primary N) is 1. The lowest BCUT2D eigenvalue weighted by Gasteiger charge is -1.94. The van der Waals surface area contributed by atoms with E-state index >= 15 is 0 Å². The third-order valence-corrected chi connectivity index (χ3v) is 2.87. The molecule has 0 spiro atoms. The highest BCUT2D eigenvalue weighted by Gasteiger charge is 2.08. The number of imidazole rings is 1. The molecule has 5 nitrogen and oxygen atoms in total. The third-order valence-electron chi connectivity index (χ3n) is 2.41. The summed E-state index contributed by atoms with van der Waals surface area (Å²) >= 11 is 3.40. The summed E-state index contributed by atoms with van der Waals surface area (Å²) in [6.07, 6.45) is 4.89. The molecule has 0 radical (unpaired) electrons. The Labute approximate surface area is 105 Å². The van der Waals surface area contributed by atoms with Gasteiger partial charge in [0.15, 0.2) is 0 Å². The van der Waals surface area contributed by atoms with Gasteiger partial charge in [-0.15, -0.1) is 0 Å². The maximum atomic E-state index is 5.90. The molecule has 0 aliphatic heterocycles. The van der Waals surface area contributed by atoms with Gasteiger partial charge in [-0.05, 0) is 12.1 Å². The van der Waals surface area contributed by atoms with Crippen LogP contribution in [0, 0.1) is 0 Å². The number of nitrogen functional groups attached to an aromatic ring is 1. The Morgan fingerprint density at radius 3 is 2.71 bits per heavy atom. The first-order valence-electron chi connectivity index (χ1n) is 4.94. The molecule has 84 valence electrons. The van der Waals surface area contributed by atoms with Gasteiger partial charge in [0.2, 0.25) is 0 Å². The molecular formula is C11H8BrN5. The van der Waals surface area contributed by atoms with Crippen LogP contribution in [0.4, 0.5) is 5.69 Å². The molecular weight excluding hydrogens is 282 g/mol. The van der Waals surface area contributed by atoms with E-state index < -0.39 is 0 Å². The van der Waals surface area contributed by atoms with Crippen LogP contribution < -0.4 is 5.73 Å². The zero-order valence-electron chi connectivity index (χ0n) is 8.68. The first-order valence-corrected chi connectivity index (χ1v) is 5.73. The van der Waals surface area contributed by atoms with Crippen LogP contribution in [0.3, 0.4) is 0 Å². The maximum absolute atomic E-state index is 5.90. The highest BCUT2D eigenvalue weighted by molar-refractivity contribution is 9.10. The summed E-state index contributed by atoms with van der Waals surface area (Å²) in [5, 5.41) is 0. The smallest absolute Gasteiger partial charge is 0.141 e. The van der Waals surface area contributed by atoms with Gasteiger partial charge in [-0.2, -0.15) is 0 Å². The molecule has 0 amide bonds. The molecule has 0 aliphatic carbocycles. The molecule has 3 aromatic rings. The minimum atomic E-state index is 0.633. The summed E-state index contributed by atoms with van der Waals surface area (Å²) in [5.41, 5.74) is 9.01. The molecule has 0 atom stereocenters. The average molecular weight is 290 g/mol. The van der Waals surface area contributed by atoms with Crippen molar-refractivity contribution in [3.63, 3.8) is 0 Å². The Balaban J connectivity index is 2.24. The molecule has 2 heterocycles. The van der Waals surface area contributed by atoms with E-state index in [0.717, 1.165) is 21.1 Å². The van der Waals surface area contributed by atoms with Crippen molar-refractivity contribution in [3.8, 4) is 11.4 Å². The van der Waals surface area contributed by atoms with E-state index in [2.05, 4.69) is 35.9 Å². The van der Waals surface area contributed by atoms with Crippen molar-refractivity contribution in [1.29, 1.82) is 0 Å². The van der Waals surface area contributed by atoms with Gasteiger partial charge in [0.05, 0.1) is 16.8 Å². The second-order valence-corrected chi connectivity index (χ2v) is 4.52. The lowest BCUT2D eigenvalue weighted by molar-refractivity contribution is 1.15. The SMILES string of the molecule is Nc1cc(Br)cc2[nH]c(-c3cncnc3)nc12. The van der Waals surface area contributed by atoms with Crippen LogP contribution >= 0.6 is 15.9 Å². The fraction of sp³-hybridized carbons (Fsp3) is 0. The summed E-state index contributed by atoms with van der Waals surface area (Å²) in [6, 6.07) is 3.76. The van der Waals surface area contributed by atoms with E-state index in [9.17, 15) is 0 Å². The monoisotopic (exact) mass is 289 g/mol. The lowest BCUT2D eigenvalue weighted by Crippen LogP contribution is -1.86. The summed E-state index contributed by atoms with van der Waals surface area (Å²) < 4.78 is 0.919. The number of nitrogens with one attached hydrogen (secondary N) is 1. The summed E-state index contributed by atoms with van der Waals surface area (Å²) in [6.45, 7) is 0. The fourth-order valence-corrected chi connectivity index (χ4v) is 2.14. The number of hydrogen-bond donors (Lipinski definition) is 2. The lowest BCUT2D eigenvalue weighted by atomic mass is 10.3. The second kappa shape index (κ2) is 3.81. The second-order valence-electron chi connectivity index (χ2n) is 3.60. The highest BCUT2D eigenvalue weighted by atomic mass is 79.9. The molecule has 17 heavy (non-hydrogen) atoms. The van der Waals surface area contributed by atoms with E-state index in [-0.39, 0.29) is 0 Å². The largest absolute Gasteiger partial charge is 0.397 e. The summed E-state index contributed by atoms with van der Waals surface area (Å²) in [7, 11) is 0. The maximum Gasteiger partial charge on any atom is 0.141 e. The van der Waals surface area contributed by atoms with Crippen molar-refractivity contribution >= 4 is 32.7 Å². The molecule has 1 aromatic carbocycles. The average Bonchev–Trinajstić information content (AvgIpc) is 2.74. The zero-order valence-corrected chi connectivity index (χ0v) is 10.3. The van der Waals surface area contributed by atoms with Crippen molar-refractivity contribution in [2.24, 2.45) is 0 Å². The van der Waals surface area contributed by atoms with Crippen LogP contribution in [0.2, 0.25) is 0 Å². The predicted octanol–water partition coefficient (Wildman–Crippen LogP) is 2.36. The molecule has 0 unspecified atom stereocenters. The van der Waals surface area contributed by atoms with Crippen LogP contribution in [0.25, 0.3) is 22.4 Å². The fourth-order valence-electron chi connectivity index (χ4n) is 1.67. The predicted molar refractivity (Wildman–Crippen MR) is 69.2 cm³/mol. The van der Waals surface area contributed by atoms with Crippen LogP contribution in [-0.4, -0.2) is 19.9 Å². The molecule has 6 heteroatoms. The minimum absolute atomic E-state index is 0.633. The Bertz CT molecular complexity index is 677. The van der Waals surface area contributed by atoms with E-state index in [0.29, 0.717) is 11.5 Å². The number of nitrogens with zero attached hydrogens (tertiary/aromatic N) is 3. The zero-order chi connectivity index (χ0) is 11.8. The van der Waals surface area contributed by atoms with Crippen molar-refractivity contribution in [1.82, 2.24) is 19.9 Å². The number of hydrogen-bond acceptors (Lipinski definition) is 4. The number of rotatable bonds is 1. The number of benzene rings is 1. The van der Waals surface area contributed by atoms with Crippen molar-refractivity contribution in [2.45, 2.75) is 0 Å². The Kier molecular flexibility index (Phi) is 2.29. The van der Waals surface area contributed by atoms with E-state index in [1.165, 1.54) is 6.33 Å². The number of aromatic nitrogens is 4. The van der Waals surface area contributed by atoms with Crippen molar-refractivity contribution in [2.75, 3.05) is 5.73 Å².